The molecular formula is C29H45F2N3O4. The standard InChI is InChI=1S/C29H45F2N3O4/c1-12-38-27(37)18(4)13-22(17(2)3)34(11)26(36)24(28(5,6)7)33-25(35)23(32-10)29(8,9)19-14-20(30)16-21(31)15-19/h13-17,22-24,32H,12H2,1-11H3,(H,33,35)/t22-,23?,24-/m1/s1. The van der Waals surface area contributed by atoms with Crippen LogP contribution in [-0.4, -0.2) is 61.5 Å². The van der Waals surface area contributed by atoms with E-state index < -0.39 is 52.5 Å². The molecule has 1 unspecified atom stereocenters. The quantitative estimate of drug-likeness (QED) is 0.324. The van der Waals surface area contributed by atoms with Gasteiger partial charge < -0.3 is 20.3 Å². The molecule has 9 heteroatoms. The average molecular weight is 538 g/mol. The Labute approximate surface area is 226 Å². The van der Waals surface area contributed by atoms with Gasteiger partial charge in [-0.05, 0) is 49.9 Å². The molecule has 0 saturated heterocycles. The van der Waals surface area contributed by atoms with Gasteiger partial charge in [-0.25, -0.2) is 13.6 Å². The number of carbonyl (C=O) groups is 3. The maximum Gasteiger partial charge on any atom is 0.333 e. The van der Waals surface area contributed by atoms with Crippen LogP contribution in [-0.2, 0) is 24.5 Å². The van der Waals surface area contributed by atoms with Crippen molar-refractivity contribution in [1.82, 2.24) is 15.5 Å². The minimum Gasteiger partial charge on any atom is -0.463 e. The lowest BCUT2D eigenvalue weighted by atomic mass is 9.76. The SMILES string of the molecule is CCOC(=O)C(C)=C[C@H](C(C)C)N(C)C(=O)[C@@H](NC(=O)C(NC)C(C)(C)c1cc(F)cc(F)c1)C(C)(C)C. The summed E-state index contributed by atoms with van der Waals surface area (Å²) in [5, 5.41) is 5.84. The summed E-state index contributed by atoms with van der Waals surface area (Å²) in [6, 6.07) is 0.924. The lowest BCUT2D eigenvalue weighted by Crippen LogP contribution is -2.61. The van der Waals surface area contributed by atoms with Crippen LogP contribution in [0, 0.1) is 23.0 Å². The highest BCUT2D eigenvalue weighted by Gasteiger charge is 2.42. The minimum absolute atomic E-state index is 0.0310. The minimum atomic E-state index is -1.01. The molecule has 2 N–H and O–H groups in total. The van der Waals surface area contributed by atoms with Crippen LogP contribution in [0.5, 0.6) is 0 Å². The Balaban J connectivity index is 3.35. The van der Waals surface area contributed by atoms with Crippen molar-refractivity contribution in [3.63, 3.8) is 0 Å². The summed E-state index contributed by atoms with van der Waals surface area (Å²) in [6.45, 7) is 16.4. The van der Waals surface area contributed by atoms with Gasteiger partial charge in [-0.2, -0.15) is 0 Å². The molecule has 0 saturated carbocycles. The van der Waals surface area contributed by atoms with Gasteiger partial charge in [0.2, 0.25) is 11.8 Å². The van der Waals surface area contributed by atoms with E-state index >= 15 is 0 Å². The molecule has 1 aromatic rings. The van der Waals surface area contributed by atoms with Crippen molar-refractivity contribution in [2.45, 2.75) is 85.9 Å². The summed E-state index contributed by atoms with van der Waals surface area (Å²) < 4.78 is 33.0. The molecule has 0 radical (unpaired) electrons. The summed E-state index contributed by atoms with van der Waals surface area (Å²) in [7, 11) is 3.22. The first-order chi connectivity index (χ1) is 17.4. The van der Waals surface area contributed by atoms with Gasteiger partial charge in [0.1, 0.15) is 17.7 Å². The zero-order valence-electron chi connectivity index (χ0n) is 24.7. The number of rotatable bonds is 11. The molecule has 214 valence electrons. The van der Waals surface area contributed by atoms with Gasteiger partial charge in [-0.3, -0.25) is 9.59 Å². The maximum atomic E-state index is 14.0. The first kappa shape index (κ1) is 33.2. The van der Waals surface area contributed by atoms with Crippen molar-refractivity contribution in [1.29, 1.82) is 0 Å². The van der Waals surface area contributed by atoms with Crippen LogP contribution >= 0.6 is 0 Å². The van der Waals surface area contributed by atoms with Crippen LogP contribution in [0.3, 0.4) is 0 Å². The lowest BCUT2D eigenvalue weighted by Gasteiger charge is -2.40. The average Bonchev–Trinajstić information content (AvgIpc) is 2.78. The number of amides is 2. The highest BCUT2D eigenvalue weighted by Crippen LogP contribution is 2.30. The van der Waals surface area contributed by atoms with Crippen LogP contribution in [0.4, 0.5) is 8.78 Å². The number of hydrogen-bond donors (Lipinski definition) is 2. The Bertz CT molecular complexity index is 1010. The van der Waals surface area contributed by atoms with Gasteiger partial charge in [0, 0.05) is 24.1 Å². The fourth-order valence-corrected chi connectivity index (χ4v) is 4.46. The summed E-state index contributed by atoms with van der Waals surface area (Å²) >= 11 is 0. The van der Waals surface area contributed by atoms with E-state index in [1.54, 1.807) is 47.9 Å². The molecule has 0 heterocycles. The van der Waals surface area contributed by atoms with Crippen LogP contribution in [0.2, 0.25) is 0 Å². The number of hydrogen-bond acceptors (Lipinski definition) is 5. The lowest BCUT2D eigenvalue weighted by molar-refractivity contribution is -0.141. The predicted octanol–water partition coefficient (Wildman–Crippen LogP) is 4.35. The number of benzene rings is 1. The van der Waals surface area contributed by atoms with Gasteiger partial charge >= 0.3 is 5.97 Å². The van der Waals surface area contributed by atoms with E-state index in [0.29, 0.717) is 11.1 Å². The zero-order valence-corrected chi connectivity index (χ0v) is 24.7. The van der Waals surface area contributed by atoms with Crippen molar-refractivity contribution >= 4 is 17.8 Å². The number of nitrogens with one attached hydrogen (secondary N) is 2. The Morgan fingerprint density at radius 3 is 1.97 bits per heavy atom. The molecule has 0 fully saturated rings. The second-order valence-corrected chi connectivity index (χ2v) is 11.7. The van der Waals surface area contributed by atoms with Crippen LogP contribution in [0.1, 0.15) is 67.9 Å². The summed E-state index contributed by atoms with van der Waals surface area (Å²) in [5.41, 5.74) is -0.991. The fourth-order valence-electron chi connectivity index (χ4n) is 4.46. The summed E-state index contributed by atoms with van der Waals surface area (Å²) in [5.74, 6) is -2.77. The third-order valence-electron chi connectivity index (χ3n) is 6.77. The van der Waals surface area contributed by atoms with Gasteiger partial charge in [0.05, 0.1) is 18.7 Å². The van der Waals surface area contributed by atoms with Crippen LogP contribution in [0.25, 0.3) is 0 Å². The van der Waals surface area contributed by atoms with E-state index in [-0.39, 0.29) is 18.4 Å². The van der Waals surface area contributed by atoms with Crippen molar-refractivity contribution in [2.75, 3.05) is 20.7 Å². The molecule has 3 atom stereocenters. The molecular weight excluding hydrogens is 492 g/mol. The van der Waals surface area contributed by atoms with E-state index in [4.69, 9.17) is 4.74 Å². The number of ether oxygens (including phenoxy) is 1. The first-order valence-electron chi connectivity index (χ1n) is 12.9. The molecule has 0 aromatic heterocycles. The smallest absolute Gasteiger partial charge is 0.333 e. The third-order valence-corrected chi connectivity index (χ3v) is 6.77. The number of halogens is 2. The summed E-state index contributed by atoms with van der Waals surface area (Å²) in [6.07, 6.45) is 1.71. The highest BCUT2D eigenvalue weighted by molar-refractivity contribution is 5.92. The molecule has 2 amide bonds. The zero-order chi connectivity index (χ0) is 29.6. The second-order valence-electron chi connectivity index (χ2n) is 11.7. The van der Waals surface area contributed by atoms with E-state index in [9.17, 15) is 23.2 Å². The Morgan fingerprint density at radius 1 is 1.03 bits per heavy atom. The van der Waals surface area contributed by atoms with Gasteiger partial charge in [-0.15, -0.1) is 0 Å². The fraction of sp³-hybridized carbons (Fsp3) is 0.621. The molecule has 1 aromatic carbocycles. The Kier molecular flexibility index (Phi) is 11.6. The van der Waals surface area contributed by atoms with E-state index in [1.165, 1.54) is 17.0 Å². The van der Waals surface area contributed by atoms with E-state index in [1.807, 2.05) is 34.6 Å². The highest BCUT2D eigenvalue weighted by atomic mass is 19.1. The third kappa shape index (κ3) is 8.35. The van der Waals surface area contributed by atoms with E-state index in [2.05, 4.69) is 10.6 Å². The number of esters is 1. The number of nitrogens with zero attached hydrogens (tertiary/aromatic N) is 1. The monoisotopic (exact) mass is 537 g/mol. The van der Waals surface area contributed by atoms with Gasteiger partial charge in [0.25, 0.3) is 0 Å². The number of likely N-dealkylation sites (N-methyl/N-ethyl adjacent to an activating group) is 2. The second kappa shape index (κ2) is 13.3. The van der Waals surface area contributed by atoms with Crippen molar-refractivity contribution < 1.29 is 27.9 Å². The molecule has 0 bridgehead atoms. The Morgan fingerprint density at radius 2 is 1.55 bits per heavy atom. The molecule has 0 spiro atoms. The first-order valence-corrected chi connectivity index (χ1v) is 12.9. The molecule has 1 rings (SSSR count). The van der Waals surface area contributed by atoms with Crippen LogP contribution in [0.15, 0.2) is 29.8 Å². The normalized spacial score (nSPS) is 15.1. The molecule has 38 heavy (non-hydrogen) atoms. The maximum absolute atomic E-state index is 14.0. The molecule has 0 aliphatic rings. The topological polar surface area (TPSA) is 87.7 Å². The molecule has 0 aliphatic carbocycles. The van der Waals surface area contributed by atoms with E-state index in [0.717, 1.165) is 6.07 Å². The molecule has 0 aliphatic heterocycles. The van der Waals surface area contributed by atoms with Crippen molar-refractivity contribution in [2.24, 2.45) is 11.3 Å². The van der Waals surface area contributed by atoms with Crippen molar-refractivity contribution in [3.8, 4) is 0 Å². The Hall–Kier alpha value is -2.81. The van der Waals surface area contributed by atoms with Crippen molar-refractivity contribution in [3.05, 3.63) is 47.0 Å². The largest absolute Gasteiger partial charge is 0.463 e. The summed E-state index contributed by atoms with van der Waals surface area (Å²) in [4.78, 5) is 41.1. The van der Waals surface area contributed by atoms with Gasteiger partial charge in [-0.1, -0.05) is 54.5 Å². The van der Waals surface area contributed by atoms with Gasteiger partial charge in [0.15, 0.2) is 0 Å². The number of carbonyl (C=O) groups excluding carboxylic acids is 3. The van der Waals surface area contributed by atoms with Crippen LogP contribution < -0.4 is 10.6 Å². The molecule has 7 nitrogen and oxygen atoms in total. The predicted molar refractivity (Wildman–Crippen MR) is 145 cm³/mol.